The summed E-state index contributed by atoms with van der Waals surface area (Å²) in [4.78, 5) is 4.36. The Morgan fingerprint density at radius 1 is 1.25 bits per heavy atom. The molecule has 2 aromatic rings. The summed E-state index contributed by atoms with van der Waals surface area (Å²) < 4.78 is 0. The smallest absolute Gasteiger partial charge is 0.0722 e. The summed E-state index contributed by atoms with van der Waals surface area (Å²) in [6.45, 7) is 2.16. The first-order chi connectivity index (χ1) is 7.93. The van der Waals surface area contributed by atoms with E-state index in [9.17, 15) is 0 Å². The summed E-state index contributed by atoms with van der Waals surface area (Å²) in [5.41, 5.74) is 2.25. The highest BCUT2D eigenvalue weighted by molar-refractivity contribution is 5.91. The molecule has 3 nitrogen and oxygen atoms in total. The largest absolute Gasteiger partial charge is 0.380 e. The van der Waals surface area contributed by atoms with Crippen LogP contribution in [0.3, 0.4) is 0 Å². The van der Waals surface area contributed by atoms with E-state index in [1.807, 2.05) is 18.3 Å². The van der Waals surface area contributed by atoms with Gasteiger partial charge in [-0.15, -0.1) is 0 Å². The van der Waals surface area contributed by atoms with E-state index >= 15 is 0 Å². The van der Waals surface area contributed by atoms with Gasteiger partial charge in [0.15, 0.2) is 0 Å². The van der Waals surface area contributed by atoms with Gasteiger partial charge >= 0.3 is 0 Å². The number of aromatic nitrogens is 1. The summed E-state index contributed by atoms with van der Waals surface area (Å²) >= 11 is 0. The van der Waals surface area contributed by atoms with Crippen LogP contribution in [0.15, 0.2) is 36.5 Å². The molecule has 16 heavy (non-hydrogen) atoms. The lowest BCUT2D eigenvalue weighted by Crippen LogP contribution is -2.22. The molecule has 0 amide bonds. The molecule has 3 rings (SSSR count). The van der Waals surface area contributed by atoms with E-state index in [1.165, 1.54) is 17.5 Å². The van der Waals surface area contributed by atoms with Crippen LogP contribution in [0.4, 0.5) is 5.69 Å². The molecule has 1 atom stereocenters. The Bertz CT molecular complexity index is 484. The summed E-state index contributed by atoms with van der Waals surface area (Å²) in [7, 11) is 0. The maximum atomic E-state index is 4.36. The Balaban J connectivity index is 1.96. The summed E-state index contributed by atoms with van der Waals surface area (Å²) in [6, 6.07) is 10.9. The van der Waals surface area contributed by atoms with Gasteiger partial charge in [-0.05, 0) is 37.2 Å². The molecule has 1 unspecified atom stereocenters. The molecule has 1 saturated heterocycles. The second-order valence-electron chi connectivity index (χ2n) is 4.21. The van der Waals surface area contributed by atoms with E-state index in [1.54, 1.807) is 0 Å². The van der Waals surface area contributed by atoms with Crippen LogP contribution in [0.25, 0.3) is 10.9 Å². The molecule has 3 heteroatoms. The Morgan fingerprint density at radius 3 is 3.12 bits per heavy atom. The van der Waals surface area contributed by atoms with Crippen LogP contribution < -0.4 is 10.6 Å². The van der Waals surface area contributed by atoms with Crippen molar-refractivity contribution in [3.8, 4) is 0 Å². The fourth-order valence-corrected chi connectivity index (χ4v) is 2.23. The number of hydrogen-bond donors (Lipinski definition) is 2. The van der Waals surface area contributed by atoms with Crippen LogP contribution in [0, 0.1) is 0 Å². The molecule has 0 saturated carbocycles. The average molecular weight is 213 g/mol. The highest BCUT2D eigenvalue weighted by Crippen LogP contribution is 2.22. The zero-order chi connectivity index (χ0) is 10.8. The summed E-state index contributed by atoms with van der Waals surface area (Å²) in [5.74, 6) is 0. The van der Waals surface area contributed by atoms with Crippen molar-refractivity contribution in [3.05, 3.63) is 36.5 Å². The molecule has 1 aliphatic heterocycles. The zero-order valence-electron chi connectivity index (χ0n) is 9.11. The van der Waals surface area contributed by atoms with E-state index in [0.717, 1.165) is 18.6 Å². The molecule has 0 bridgehead atoms. The van der Waals surface area contributed by atoms with Crippen molar-refractivity contribution in [2.24, 2.45) is 0 Å². The quantitative estimate of drug-likeness (QED) is 0.801. The van der Waals surface area contributed by atoms with Crippen molar-refractivity contribution >= 4 is 16.6 Å². The molecule has 0 spiro atoms. The van der Waals surface area contributed by atoms with E-state index in [4.69, 9.17) is 0 Å². The van der Waals surface area contributed by atoms with Crippen LogP contribution >= 0.6 is 0 Å². The fourth-order valence-electron chi connectivity index (χ4n) is 2.23. The first-order valence-electron chi connectivity index (χ1n) is 5.74. The number of pyridine rings is 1. The van der Waals surface area contributed by atoms with Crippen molar-refractivity contribution in [1.29, 1.82) is 0 Å². The van der Waals surface area contributed by atoms with Gasteiger partial charge < -0.3 is 10.6 Å². The molecule has 1 aliphatic rings. The minimum Gasteiger partial charge on any atom is -0.380 e. The number of fused-ring (bicyclic) bond motifs is 1. The SMILES string of the molecule is c1cc(NC2CCNC2)c2cccnc2c1. The van der Waals surface area contributed by atoms with Crippen LogP contribution in [0.2, 0.25) is 0 Å². The lowest BCUT2D eigenvalue weighted by atomic mass is 10.1. The second-order valence-corrected chi connectivity index (χ2v) is 4.21. The zero-order valence-corrected chi connectivity index (χ0v) is 9.11. The van der Waals surface area contributed by atoms with Crippen LogP contribution in [0.5, 0.6) is 0 Å². The number of benzene rings is 1. The highest BCUT2D eigenvalue weighted by atomic mass is 15.0. The minimum absolute atomic E-state index is 0.547. The highest BCUT2D eigenvalue weighted by Gasteiger charge is 2.14. The van der Waals surface area contributed by atoms with Crippen molar-refractivity contribution in [2.75, 3.05) is 18.4 Å². The van der Waals surface area contributed by atoms with Crippen molar-refractivity contribution in [3.63, 3.8) is 0 Å². The maximum Gasteiger partial charge on any atom is 0.0722 e. The Hall–Kier alpha value is -1.61. The first-order valence-corrected chi connectivity index (χ1v) is 5.74. The van der Waals surface area contributed by atoms with E-state index in [2.05, 4.69) is 33.8 Å². The predicted octanol–water partition coefficient (Wildman–Crippen LogP) is 2.01. The van der Waals surface area contributed by atoms with E-state index < -0.39 is 0 Å². The molecule has 0 aliphatic carbocycles. The third-order valence-electron chi connectivity index (χ3n) is 3.07. The fraction of sp³-hybridized carbons (Fsp3) is 0.308. The minimum atomic E-state index is 0.547. The molecule has 2 heterocycles. The Labute approximate surface area is 94.9 Å². The van der Waals surface area contributed by atoms with Crippen molar-refractivity contribution in [1.82, 2.24) is 10.3 Å². The van der Waals surface area contributed by atoms with Crippen LogP contribution in [-0.2, 0) is 0 Å². The number of anilines is 1. The number of hydrogen-bond acceptors (Lipinski definition) is 3. The topological polar surface area (TPSA) is 37.0 Å². The monoisotopic (exact) mass is 213 g/mol. The summed E-state index contributed by atoms with van der Waals surface area (Å²) in [6.07, 6.45) is 3.03. The standard InChI is InChI=1S/C13H15N3/c1-4-12-11(3-2-7-15-12)13(5-1)16-10-6-8-14-9-10/h1-5,7,10,14,16H,6,8-9H2. The number of rotatable bonds is 2. The third kappa shape index (κ3) is 1.74. The van der Waals surface area contributed by atoms with Gasteiger partial charge in [0, 0.05) is 29.9 Å². The predicted molar refractivity (Wildman–Crippen MR) is 66.6 cm³/mol. The van der Waals surface area contributed by atoms with Crippen LogP contribution in [0.1, 0.15) is 6.42 Å². The van der Waals surface area contributed by atoms with Gasteiger partial charge in [-0.3, -0.25) is 4.98 Å². The van der Waals surface area contributed by atoms with Crippen molar-refractivity contribution < 1.29 is 0 Å². The first kappa shape index (κ1) is 9.60. The molecule has 1 aromatic carbocycles. The number of nitrogens with one attached hydrogen (secondary N) is 2. The van der Waals surface area contributed by atoms with Gasteiger partial charge in [0.05, 0.1) is 5.52 Å². The second kappa shape index (κ2) is 4.10. The molecule has 82 valence electrons. The van der Waals surface area contributed by atoms with Gasteiger partial charge in [0.25, 0.3) is 0 Å². The average Bonchev–Trinajstić information content (AvgIpc) is 2.82. The lowest BCUT2D eigenvalue weighted by Gasteiger charge is -2.14. The Kier molecular flexibility index (Phi) is 2.46. The lowest BCUT2D eigenvalue weighted by molar-refractivity contribution is 0.794. The van der Waals surface area contributed by atoms with Gasteiger partial charge in [-0.1, -0.05) is 6.07 Å². The molecule has 2 N–H and O–H groups in total. The number of nitrogens with zero attached hydrogens (tertiary/aromatic N) is 1. The molecular weight excluding hydrogens is 198 g/mol. The normalized spacial score (nSPS) is 20.1. The molecular formula is C13H15N3. The van der Waals surface area contributed by atoms with Gasteiger partial charge in [0.1, 0.15) is 0 Å². The maximum absolute atomic E-state index is 4.36. The van der Waals surface area contributed by atoms with E-state index in [-0.39, 0.29) is 0 Å². The van der Waals surface area contributed by atoms with Crippen molar-refractivity contribution in [2.45, 2.75) is 12.5 Å². The molecule has 1 aromatic heterocycles. The third-order valence-corrected chi connectivity index (χ3v) is 3.07. The Morgan fingerprint density at radius 2 is 2.25 bits per heavy atom. The molecule has 1 fully saturated rings. The van der Waals surface area contributed by atoms with Crippen LogP contribution in [-0.4, -0.2) is 24.1 Å². The molecule has 0 radical (unpaired) electrons. The van der Waals surface area contributed by atoms with Gasteiger partial charge in [0.2, 0.25) is 0 Å². The summed E-state index contributed by atoms with van der Waals surface area (Å²) in [5, 5.41) is 8.15. The van der Waals surface area contributed by atoms with E-state index in [0.29, 0.717) is 6.04 Å². The van der Waals surface area contributed by atoms with Gasteiger partial charge in [-0.25, -0.2) is 0 Å². The van der Waals surface area contributed by atoms with Gasteiger partial charge in [-0.2, -0.15) is 0 Å².